The molecule has 0 aromatic heterocycles. The van der Waals surface area contributed by atoms with Crippen LogP contribution in [0.3, 0.4) is 0 Å². The van der Waals surface area contributed by atoms with Crippen molar-refractivity contribution >= 4 is 0 Å². The highest BCUT2D eigenvalue weighted by molar-refractivity contribution is 4.74. The number of aliphatic hydroxyl groups excluding tert-OH is 2. The van der Waals surface area contributed by atoms with Gasteiger partial charge in [-0.3, -0.25) is 9.80 Å². The molecule has 1 rings (SSSR count). The van der Waals surface area contributed by atoms with Crippen molar-refractivity contribution in [1.29, 1.82) is 0 Å². The van der Waals surface area contributed by atoms with Gasteiger partial charge in [-0.05, 0) is 12.8 Å². The first-order chi connectivity index (χ1) is 6.69. The van der Waals surface area contributed by atoms with Crippen molar-refractivity contribution in [3.63, 3.8) is 0 Å². The summed E-state index contributed by atoms with van der Waals surface area (Å²) in [5, 5.41) is 19.2. The third kappa shape index (κ3) is 2.92. The molecular formula is C10H22N2O2. The molecule has 0 radical (unpaired) electrons. The van der Waals surface area contributed by atoms with Crippen LogP contribution in [0.15, 0.2) is 0 Å². The zero-order valence-electron chi connectivity index (χ0n) is 9.19. The maximum atomic E-state index is 9.61. The van der Waals surface area contributed by atoms with Crippen molar-refractivity contribution in [1.82, 2.24) is 9.80 Å². The second-order valence-electron chi connectivity index (χ2n) is 3.85. The van der Waals surface area contributed by atoms with Gasteiger partial charge in [-0.2, -0.15) is 0 Å². The molecule has 1 heterocycles. The Morgan fingerprint density at radius 1 is 0.857 bits per heavy atom. The number of rotatable bonds is 4. The Hall–Kier alpha value is -0.160. The van der Waals surface area contributed by atoms with Crippen LogP contribution in [0.1, 0.15) is 26.7 Å². The average molecular weight is 202 g/mol. The summed E-state index contributed by atoms with van der Waals surface area (Å²) in [4.78, 5) is 4.14. The fourth-order valence-electron chi connectivity index (χ4n) is 1.85. The molecule has 0 aliphatic carbocycles. The molecule has 1 fully saturated rings. The van der Waals surface area contributed by atoms with E-state index in [4.69, 9.17) is 0 Å². The summed E-state index contributed by atoms with van der Waals surface area (Å²) in [5.41, 5.74) is 0. The van der Waals surface area contributed by atoms with Gasteiger partial charge in [0, 0.05) is 26.2 Å². The van der Waals surface area contributed by atoms with Crippen molar-refractivity contribution in [2.45, 2.75) is 39.1 Å². The summed E-state index contributed by atoms with van der Waals surface area (Å²) in [6.45, 7) is 7.38. The first-order valence-corrected chi connectivity index (χ1v) is 5.53. The van der Waals surface area contributed by atoms with Gasteiger partial charge < -0.3 is 10.2 Å². The van der Waals surface area contributed by atoms with E-state index >= 15 is 0 Å². The molecule has 84 valence electrons. The van der Waals surface area contributed by atoms with E-state index in [9.17, 15) is 10.2 Å². The van der Waals surface area contributed by atoms with Gasteiger partial charge in [-0.25, -0.2) is 0 Å². The second-order valence-corrected chi connectivity index (χ2v) is 3.85. The lowest BCUT2D eigenvalue weighted by Gasteiger charge is -2.38. The zero-order valence-corrected chi connectivity index (χ0v) is 9.19. The molecule has 4 heteroatoms. The van der Waals surface area contributed by atoms with Gasteiger partial charge in [0.2, 0.25) is 0 Å². The van der Waals surface area contributed by atoms with E-state index in [2.05, 4.69) is 9.80 Å². The van der Waals surface area contributed by atoms with Crippen LogP contribution < -0.4 is 0 Å². The third-order valence-corrected chi connectivity index (χ3v) is 2.92. The molecule has 2 atom stereocenters. The molecule has 4 nitrogen and oxygen atoms in total. The number of piperazine rings is 1. The average Bonchev–Trinajstić information content (AvgIpc) is 2.27. The van der Waals surface area contributed by atoms with E-state index in [1.807, 2.05) is 13.8 Å². The minimum Gasteiger partial charge on any atom is -0.378 e. The molecular weight excluding hydrogens is 180 g/mol. The number of hydrogen-bond donors (Lipinski definition) is 2. The van der Waals surface area contributed by atoms with E-state index in [0.29, 0.717) is 0 Å². The lowest BCUT2D eigenvalue weighted by atomic mass is 10.2. The van der Waals surface area contributed by atoms with Gasteiger partial charge in [0.15, 0.2) is 0 Å². The highest BCUT2D eigenvalue weighted by Crippen LogP contribution is 2.10. The maximum absolute atomic E-state index is 9.61. The van der Waals surface area contributed by atoms with Gasteiger partial charge in [-0.15, -0.1) is 0 Å². The first-order valence-electron chi connectivity index (χ1n) is 5.53. The Morgan fingerprint density at radius 2 is 1.14 bits per heavy atom. The first kappa shape index (κ1) is 11.9. The Bertz CT molecular complexity index is 140. The van der Waals surface area contributed by atoms with Gasteiger partial charge in [0.05, 0.1) is 0 Å². The number of aliphatic hydroxyl groups is 2. The van der Waals surface area contributed by atoms with Crippen LogP contribution >= 0.6 is 0 Å². The largest absolute Gasteiger partial charge is 0.378 e. The van der Waals surface area contributed by atoms with Gasteiger partial charge in [0.1, 0.15) is 12.5 Å². The van der Waals surface area contributed by atoms with Crippen LogP contribution in [-0.4, -0.2) is 58.6 Å². The quantitative estimate of drug-likeness (QED) is 0.677. The smallest absolute Gasteiger partial charge is 0.107 e. The highest BCUT2D eigenvalue weighted by Gasteiger charge is 2.23. The van der Waals surface area contributed by atoms with E-state index in [0.717, 1.165) is 39.0 Å². The highest BCUT2D eigenvalue weighted by atomic mass is 16.3. The van der Waals surface area contributed by atoms with Crippen LogP contribution in [0, 0.1) is 0 Å². The molecule has 2 N–H and O–H groups in total. The van der Waals surface area contributed by atoms with Crippen LogP contribution in [0.4, 0.5) is 0 Å². The predicted octanol–water partition coefficient (Wildman–Crippen LogP) is 0.0608. The molecule has 0 bridgehead atoms. The topological polar surface area (TPSA) is 46.9 Å². The Kier molecular flexibility index (Phi) is 4.81. The van der Waals surface area contributed by atoms with Crippen molar-refractivity contribution < 1.29 is 10.2 Å². The monoisotopic (exact) mass is 202 g/mol. The van der Waals surface area contributed by atoms with E-state index in [1.165, 1.54) is 0 Å². The van der Waals surface area contributed by atoms with Crippen LogP contribution in [0.5, 0.6) is 0 Å². The fourth-order valence-corrected chi connectivity index (χ4v) is 1.85. The maximum Gasteiger partial charge on any atom is 0.107 e. The summed E-state index contributed by atoms with van der Waals surface area (Å²) in [6.07, 6.45) is 0.930. The van der Waals surface area contributed by atoms with E-state index < -0.39 is 0 Å². The Balaban J connectivity index is 2.31. The fraction of sp³-hybridized carbons (Fsp3) is 1.00. The molecule has 0 aromatic carbocycles. The lowest BCUT2D eigenvalue weighted by molar-refractivity contribution is -0.0704. The minimum atomic E-state index is -0.309. The standard InChI is InChI=1S/C10H22N2O2/c1-3-9(13)11-5-7-12(8-6-11)10(14)4-2/h9-10,13-14H,3-8H2,1-2H3/t9-,10-/m1/s1. The molecule has 0 saturated carbocycles. The number of nitrogens with zero attached hydrogens (tertiary/aromatic N) is 2. The molecule has 1 saturated heterocycles. The summed E-state index contributed by atoms with van der Waals surface area (Å²) >= 11 is 0. The predicted molar refractivity (Wildman–Crippen MR) is 55.7 cm³/mol. The summed E-state index contributed by atoms with van der Waals surface area (Å²) in [7, 11) is 0. The second kappa shape index (κ2) is 5.66. The van der Waals surface area contributed by atoms with Crippen molar-refractivity contribution in [3.8, 4) is 0 Å². The molecule has 0 aromatic rings. The zero-order chi connectivity index (χ0) is 10.6. The van der Waals surface area contributed by atoms with E-state index in [1.54, 1.807) is 0 Å². The molecule has 0 unspecified atom stereocenters. The Morgan fingerprint density at radius 3 is 1.36 bits per heavy atom. The summed E-state index contributed by atoms with van der Waals surface area (Å²) < 4.78 is 0. The SMILES string of the molecule is CC[C@@H](O)N1CCN([C@H](O)CC)CC1. The van der Waals surface area contributed by atoms with Crippen molar-refractivity contribution in [2.75, 3.05) is 26.2 Å². The summed E-state index contributed by atoms with van der Waals surface area (Å²) in [5.74, 6) is 0. The third-order valence-electron chi connectivity index (χ3n) is 2.92. The molecule has 1 aliphatic rings. The normalized spacial score (nSPS) is 24.9. The number of hydrogen-bond acceptors (Lipinski definition) is 4. The van der Waals surface area contributed by atoms with Crippen LogP contribution in [0.2, 0.25) is 0 Å². The molecule has 0 spiro atoms. The van der Waals surface area contributed by atoms with Crippen molar-refractivity contribution in [2.24, 2.45) is 0 Å². The van der Waals surface area contributed by atoms with Gasteiger partial charge >= 0.3 is 0 Å². The lowest BCUT2D eigenvalue weighted by Crippen LogP contribution is -2.52. The van der Waals surface area contributed by atoms with Gasteiger partial charge in [-0.1, -0.05) is 13.8 Å². The van der Waals surface area contributed by atoms with Crippen LogP contribution in [-0.2, 0) is 0 Å². The summed E-state index contributed by atoms with van der Waals surface area (Å²) in [6, 6.07) is 0. The molecule has 0 amide bonds. The van der Waals surface area contributed by atoms with Crippen LogP contribution in [0.25, 0.3) is 0 Å². The van der Waals surface area contributed by atoms with E-state index in [-0.39, 0.29) is 12.5 Å². The van der Waals surface area contributed by atoms with Gasteiger partial charge in [0.25, 0.3) is 0 Å². The molecule has 14 heavy (non-hydrogen) atoms. The Labute approximate surface area is 86.1 Å². The minimum absolute atomic E-state index is 0.309. The van der Waals surface area contributed by atoms with Crippen molar-refractivity contribution in [3.05, 3.63) is 0 Å². The molecule has 1 aliphatic heterocycles.